The van der Waals surface area contributed by atoms with Gasteiger partial charge in [0.1, 0.15) is 12.1 Å². The summed E-state index contributed by atoms with van der Waals surface area (Å²) >= 11 is 0. The first-order valence-corrected chi connectivity index (χ1v) is 7.55. The van der Waals surface area contributed by atoms with Gasteiger partial charge in [-0.3, -0.25) is 4.79 Å². The second-order valence-corrected chi connectivity index (χ2v) is 5.67. The first kappa shape index (κ1) is 16.4. The molecule has 1 fully saturated rings. The number of halogens is 3. The topological polar surface area (TPSA) is 58.4 Å². The van der Waals surface area contributed by atoms with Crippen molar-refractivity contribution in [3.63, 3.8) is 0 Å². The maximum absolute atomic E-state index is 12.6. The largest absolute Gasteiger partial charge is 0.472 e. The Morgan fingerprint density at radius 1 is 1.33 bits per heavy atom. The van der Waals surface area contributed by atoms with Gasteiger partial charge < -0.3 is 14.6 Å². The second kappa shape index (κ2) is 6.54. The molecular formula is C16H16F3N3O2. The van der Waals surface area contributed by atoms with Gasteiger partial charge in [-0.1, -0.05) is 0 Å². The van der Waals surface area contributed by atoms with Crippen LogP contribution in [0.25, 0.3) is 0 Å². The maximum Gasteiger partial charge on any atom is 0.417 e. The van der Waals surface area contributed by atoms with Crippen LogP contribution in [-0.2, 0) is 6.18 Å². The molecule has 128 valence electrons. The van der Waals surface area contributed by atoms with Crippen molar-refractivity contribution >= 4 is 11.7 Å². The van der Waals surface area contributed by atoms with Crippen LogP contribution in [0.2, 0.25) is 0 Å². The number of amides is 1. The zero-order chi connectivity index (χ0) is 17.2. The van der Waals surface area contributed by atoms with Crippen LogP contribution < -0.4 is 10.2 Å². The van der Waals surface area contributed by atoms with Crippen molar-refractivity contribution < 1.29 is 22.4 Å². The number of aromatic nitrogens is 1. The molecule has 8 heteroatoms. The smallest absolute Gasteiger partial charge is 0.417 e. The van der Waals surface area contributed by atoms with Crippen LogP contribution in [0.4, 0.5) is 19.0 Å². The van der Waals surface area contributed by atoms with Gasteiger partial charge in [0, 0.05) is 25.3 Å². The third-order valence-corrected chi connectivity index (χ3v) is 3.94. The average molecular weight is 339 g/mol. The molecule has 0 aliphatic carbocycles. The van der Waals surface area contributed by atoms with Crippen LogP contribution in [-0.4, -0.2) is 30.0 Å². The number of carbonyl (C=O) groups is 1. The third-order valence-electron chi connectivity index (χ3n) is 3.94. The lowest BCUT2D eigenvalue weighted by Crippen LogP contribution is -2.48. The Hall–Kier alpha value is -2.51. The molecule has 0 spiro atoms. The molecule has 2 aromatic heterocycles. The Bertz CT molecular complexity index is 684. The number of nitrogens with one attached hydrogen (secondary N) is 1. The fourth-order valence-electron chi connectivity index (χ4n) is 2.71. The predicted octanol–water partition coefficient (Wildman–Crippen LogP) is 3.09. The quantitative estimate of drug-likeness (QED) is 0.934. The van der Waals surface area contributed by atoms with Crippen molar-refractivity contribution in [3.05, 3.63) is 48.0 Å². The number of hydrogen-bond acceptors (Lipinski definition) is 4. The highest BCUT2D eigenvalue weighted by Crippen LogP contribution is 2.29. The molecule has 0 saturated carbocycles. The van der Waals surface area contributed by atoms with E-state index in [0.29, 0.717) is 24.5 Å². The van der Waals surface area contributed by atoms with Gasteiger partial charge in [0.05, 0.1) is 17.4 Å². The zero-order valence-corrected chi connectivity index (χ0v) is 12.7. The van der Waals surface area contributed by atoms with Crippen molar-refractivity contribution in [2.24, 2.45) is 0 Å². The second-order valence-electron chi connectivity index (χ2n) is 5.67. The first-order chi connectivity index (χ1) is 11.4. The van der Waals surface area contributed by atoms with Gasteiger partial charge in [-0.25, -0.2) is 4.98 Å². The lowest BCUT2D eigenvalue weighted by molar-refractivity contribution is -0.137. The molecule has 1 N–H and O–H groups in total. The van der Waals surface area contributed by atoms with Gasteiger partial charge in [0.15, 0.2) is 0 Å². The minimum absolute atomic E-state index is 0.0924. The number of carbonyl (C=O) groups excluding carboxylic acids is 1. The van der Waals surface area contributed by atoms with Gasteiger partial charge in [-0.05, 0) is 31.0 Å². The zero-order valence-electron chi connectivity index (χ0n) is 12.7. The molecule has 0 bridgehead atoms. The van der Waals surface area contributed by atoms with E-state index in [-0.39, 0.29) is 11.9 Å². The summed E-state index contributed by atoms with van der Waals surface area (Å²) in [5.41, 5.74) is -0.326. The number of piperidine rings is 1. The Morgan fingerprint density at radius 2 is 2.17 bits per heavy atom. The molecule has 1 saturated heterocycles. The summed E-state index contributed by atoms with van der Waals surface area (Å²) in [6, 6.07) is 3.87. The number of hydrogen-bond donors (Lipinski definition) is 1. The van der Waals surface area contributed by atoms with E-state index in [4.69, 9.17) is 4.42 Å². The van der Waals surface area contributed by atoms with Crippen LogP contribution in [0.3, 0.4) is 0 Å². The van der Waals surface area contributed by atoms with Crippen molar-refractivity contribution in [2.45, 2.75) is 25.1 Å². The summed E-state index contributed by atoms with van der Waals surface area (Å²) in [5.74, 6) is 0.251. The molecule has 1 amide bonds. The minimum Gasteiger partial charge on any atom is -0.472 e. The summed E-state index contributed by atoms with van der Waals surface area (Å²) in [7, 11) is 0. The number of rotatable bonds is 3. The van der Waals surface area contributed by atoms with Crippen LogP contribution in [0.5, 0.6) is 0 Å². The Morgan fingerprint density at radius 3 is 2.79 bits per heavy atom. The van der Waals surface area contributed by atoms with E-state index in [1.165, 1.54) is 18.6 Å². The first-order valence-electron chi connectivity index (χ1n) is 7.55. The maximum atomic E-state index is 12.6. The number of nitrogens with zero attached hydrogens (tertiary/aromatic N) is 2. The fraction of sp³-hybridized carbons (Fsp3) is 0.375. The molecule has 3 rings (SSSR count). The van der Waals surface area contributed by atoms with Crippen molar-refractivity contribution in [3.8, 4) is 0 Å². The van der Waals surface area contributed by atoms with E-state index in [9.17, 15) is 18.0 Å². The highest BCUT2D eigenvalue weighted by Gasteiger charge is 2.31. The number of furan rings is 1. The Labute approximate surface area is 136 Å². The monoisotopic (exact) mass is 339 g/mol. The molecule has 24 heavy (non-hydrogen) atoms. The number of anilines is 1. The van der Waals surface area contributed by atoms with Crippen LogP contribution >= 0.6 is 0 Å². The van der Waals surface area contributed by atoms with E-state index < -0.39 is 11.7 Å². The summed E-state index contributed by atoms with van der Waals surface area (Å²) in [6.07, 6.45) is 0.860. The van der Waals surface area contributed by atoms with Gasteiger partial charge in [-0.2, -0.15) is 13.2 Å². The van der Waals surface area contributed by atoms with Crippen molar-refractivity contribution in [1.29, 1.82) is 0 Å². The predicted molar refractivity (Wildman–Crippen MR) is 80.6 cm³/mol. The van der Waals surface area contributed by atoms with Crippen LogP contribution in [0.1, 0.15) is 28.8 Å². The van der Waals surface area contributed by atoms with Gasteiger partial charge in [0.2, 0.25) is 0 Å². The Balaban J connectivity index is 1.64. The molecule has 5 nitrogen and oxygen atoms in total. The van der Waals surface area contributed by atoms with Crippen LogP contribution in [0, 0.1) is 0 Å². The highest BCUT2D eigenvalue weighted by molar-refractivity contribution is 5.94. The lowest BCUT2D eigenvalue weighted by atomic mass is 10.1. The van der Waals surface area contributed by atoms with Crippen LogP contribution in [0.15, 0.2) is 41.3 Å². The molecule has 1 unspecified atom stereocenters. The van der Waals surface area contributed by atoms with Crippen molar-refractivity contribution in [2.75, 3.05) is 18.0 Å². The molecule has 1 aliphatic heterocycles. The summed E-state index contributed by atoms with van der Waals surface area (Å²) < 4.78 is 42.7. The molecule has 1 atom stereocenters. The van der Waals surface area contributed by atoms with Crippen molar-refractivity contribution in [1.82, 2.24) is 10.3 Å². The third kappa shape index (κ3) is 3.69. The average Bonchev–Trinajstić information content (AvgIpc) is 3.09. The minimum atomic E-state index is -4.39. The van der Waals surface area contributed by atoms with Gasteiger partial charge in [0.25, 0.3) is 5.91 Å². The molecule has 3 heterocycles. The lowest BCUT2D eigenvalue weighted by Gasteiger charge is -2.34. The van der Waals surface area contributed by atoms with E-state index in [2.05, 4.69) is 10.3 Å². The normalized spacial score (nSPS) is 18.5. The SMILES string of the molecule is O=C(NC1CCCN(c2ccc(C(F)(F)F)cn2)C1)c1ccoc1. The summed E-state index contributed by atoms with van der Waals surface area (Å²) in [6.45, 7) is 1.19. The molecule has 0 radical (unpaired) electrons. The summed E-state index contributed by atoms with van der Waals surface area (Å²) in [4.78, 5) is 17.8. The van der Waals surface area contributed by atoms with E-state index in [0.717, 1.165) is 25.1 Å². The highest BCUT2D eigenvalue weighted by atomic mass is 19.4. The molecular weight excluding hydrogens is 323 g/mol. The van der Waals surface area contributed by atoms with E-state index >= 15 is 0 Å². The van der Waals surface area contributed by atoms with Gasteiger partial charge >= 0.3 is 6.18 Å². The van der Waals surface area contributed by atoms with Gasteiger partial charge in [-0.15, -0.1) is 0 Å². The van der Waals surface area contributed by atoms with E-state index in [1.54, 1.807) is 6.07 Å². The molecule has 1 aliphatic rings. The standard InChI is InChI=1S/C16H16F3N3O2/c17-16(18,19)12-3-4-14(20-8-12)22-6-1-2-13(9-22)21-15(23)11-5-7-24-10-11/h3-5,7-8,10,13H,1-2,6,9H2,(H,21,23). The summed E-state index contributed by atoms with van der Waals surface area (Å²) in [5, 5.41) is 2.91. The van der Waals surface area contributed by atoms with E-state index in [1.807, 2.05) is 4.90 Å². The number of alkyl halides is 3. The fourth-order valence-corrected chi connectivity index (χ4v) is 2.71. The molecule has 2 aromatic rings. The Kier molecular flexibility index (Phi) is 4.46. The number of pyridine rings is 1. The molecule has 0 aromatic carbocycles.